The Balaban J connectivity index is 1.21. The third kappa shape index (κ3) is 4.20. The molecule has 0 aliphatic heterocycles. The Labute approximate surface area is 178 Å². The Morgan fingerprint density at radius 1 is 0.968 bits per heavy atom. The molecule has 2 aromatic heterocycles. The van der Waals surface area contributed by atoms with E-state index < -0.39 is 0 Å². The monoisotopic (exact) mass is 408 g/mol. The van der Waals surface area contributed by atoms with E-state index >= 15 is 0 Å². The first kappa shape index (κ1) is 18.7. The first-order valence-corrected chi connectivity index (χ1v) is 9.93. The van der Waals surface area contributed by atoms with E-state index in [9.17, 15) is 0 Å². The molecule has 0 bridgehead atoms. The van der Waals surface area contributed by atoms with Crippen molar-refractivity contribution < 1.29 is 4.74 Å². The van der Waals surface area contributed by atoms with Crippen molar-refractivity contribution in [2.45, 2.75) is 13.5 Å². The van der Waals surface area contributed by atoms with E-state index in [0.29, 0.717) is 18.2 Å². The van der Waals surface area contributed by atoms with Gasteiger partial charge in [0.25, 0.3) is 5.95 Å². The smallest absolute Gasteiger partial charge is 0.265 e. The van der Waals surface area contributed by atoms with Crippen LogP contribution in [0.25, 0.3) is 22.1 Å². The normalized spacial score (nSPS) is 11.4. The van der Waals surface area contributed by atoms with Crippen molar-refractivity contribution in [2.75, 3.05) is 5.43 Å². The van der Waals surface area contributed by atoms with Crippen LogP contribution >= 0.6 is 0 Å². The maximum Gasteiger partial charge on any atom is 0.265 e. The number of aromatic nitrogens is 4. The zero-order valence-corrected chi connectivity index (χ0v) is 16.9. The third-order valence-electron chi connectivity index (χ3n) is 4.91. The predicted octanol–water partition coefficient (Wildman–Crippen LogP) is 4.84. The molecule has 0 atom stereocenters. The lowest BCUT2D eigenvalue weighted by Gasteiger charge is -2.06. The first-order valence-electron chi connectivity index (χ1n) is 9.93. The molecule has 7 heteroatoms. The van der Waals surface area contributed by atoms with Gasteiger partial charge < -0.3 is 9.72 Å². The van der Waals surface area contributed by atoms with Crippen molar-refractivity contribution in [2.24, 2.45) is 5.10 Å². The average Bonchev–Trinajstić information content (AvgIpc) is 3.17. The highest BCUT2D eigenvalue weighted by atomic mass is 16.5. The molecule has 2 heterocycles. The standard InChI is InChI=1S/C24H20N6O/c1-16-6-8-18(9-7-16)15-31-19-12-10-17(11-13-19)14-25-29-24-27-23-22(28-30-24)20-4-2-3-5-21(20)26-23/h2-14H,15H2,1H3,(H2,26,27,29,30)/b25-14+. The van der Waals surface area contributed by atoms with Crippen molar-refractivity contribution in [1.82, 2.24) is 20.2 Å². The van der Waals surface area contributed by atoms with Gasteiger partial charge in [-0.05, 0) is 48.4 Å². The molecular weight excluding hydrogens is 388 g/mol. The molecule has 5 rings (SSSR count). The summed E-state index contributed by atoms with van der Waals surface area (Å²) in [6.07, 6.45) is 1.70. The van der Waals surface area contributed by atoms with Gasteiger partial charge >= 0.3 is 0 Å². The molecule has 0 radical (unpaired) electrons. The van der Waals surface area contributed by atoms with Crippen molar-refractivity contribution in [3.8, 4) is 5.75 Å². The number of nitrogens with one attached hydrogen (secondary N) is 2. The molecule has 0 unspecified atom stereocenters. The molecule has 0 saturated carbocycles. The largest absolute Gasteiger partial charge is 0.489 e. The second kappa shape index (κ2) is 8.23. The topological polar surface area (TPSA) is 88.1 Å². The zero-order chi connectivity index (χ0) is 21.0. The van der Waals surface area contributed by atoms with Gasteiger partial charge in [-0.1, -0.05) is 48.0 Å². The number of benzene rings is 3. The molecule has 31 heavy (non-hydrogen) atoms. The predicted molar refractivity (Wildman–Crippen MR) is 122 cm³/mol. The van der Waals surface area contributed by atoms with Crippen LogP contribution in [0.4, 0.5) is 5.95 Å². The molecule has 0 amide bonds. The fraction of sp³-hybridized carbons (Fsp3) is 0.0833. The van der Waals surface area contributed by atoms with Crippen molar-refractivity contribution >= 4 is 34.2 Å². The van der Waals surface area contributed by atoms with E-state index in [2.05, 4.69) is 61.9 Å². The number of hydrogen-bond donors (Lipinski definition) is 2. The van der Waals surface area contributed by atoms with Crippen LogP contribution in [0.5, 0.6) is 5.75 Å². The van der Waals surface area contributed by atoms with Crippen LogP contribution in [0.1, 0.15) is 16.7 Å². The molecule has 0 saturated heterocycles. The molecule has 5 aromatic rings. The van der Waals surface area contributed by atoms with E-state index in [0.717, 1.165) is 33.3 Å². The van der Waals surface area contributed by atoms with Gasteiger partial charge in [0.2, 0.25) is 0 Å². The van der Waals surface area contributed by atoms with Crippen LogP contribution in [-0.4, -0.2) is 26.4 Å². The molecule has 0 spiro atoms. The van der Waals surface area contributed by atoms with Crippen LogP contribution < -0.4 is 10.2 Å². The van der Waals surface area contributed by atoms with Crippen LogP contribution in [-0.2, 0) is 6.61 Å². The second-order valence-electron chi connectivity index (χ2n) is 7.22. The summed E-state index contributed by atoms with van der Waals surface area (Å²) in [5.41, 5.74) is 8.52. The van der Waals surface area contributed by atoms with Gasteiger partial charge in [0, 0.05) is 10.9 Å². The van der Waals surface area contributed by atoms with Gasteiger partial charge in [0.1, 0.15) is 17.9 Å². The highest BCUT2D eigenvalue weighted by molar-refractivity contribution is 6.03. The summed E-state index contributed by atoms with van der Waals surface area (Å²) in [4.78, 5) is 7.68. The van der Waals surface area contributed by atoms with Crippen molar-refractivity contribution in [3.63, 3.8) is 0 Å². The Hall–Kier alpha value is -4.26. The van der Waals surface area contributed by atoms with Gasteiger partial charge in [0.15, 0.2) is 5.65 Å². The number of H-pyrrole nitrogens is 1. The number of aromatic amines is 1. The molecular formula is C24H20N6O. The highest BCUT2D eigenvalue weighted by Gasteiger charge is 2.07. The van der Waals surface area contributed by atoms with Crippen molar-refractivity contribution in [3.05, 3.63) is 89.5 Å². The van der Waals surface area contributed by atoms with E-state index in [1.807, 2.05) is 48.5 Å². The highest BCUT2D eigenvalue weighted by Crippen LogP contribution is 2.21. The summed E-state index contributed by atoms with van der Waals surface area (Å²) in [6.45, 7) is 2.61. The second-order valence-corrected chi connectivity index (χ2v) is 7.22. The Kier molecular flexibility index (Phi) is 4.98. The Bertz CT molecular complexity index is 1360. The van der Waals surface area contributed by atoms with E-state index in [4.69, 9.17) is 4.74 Å². The number of aryl methyl sites for hydroxylation is 1. The van der Waals surface area contributed by atoms with Gasteiger partial charge in [-0.3, -0.25) is 0 Å². The Morgan fingerprint density at radius 2 is 1.77 bits per heavy atom. The molecule has 2 N–H and O–H groups in total. The van der Waals surface area contributed by atoms with Gasteiger partial charge in [0.05, 0.1) is 6.21 Å². The molecule has 152 valence electrons. The minimum absolute atomic E-state index is 0.327. The zero-order valence-electron chi connectivity index (χ0n) is 16.9. The quantitative estimate of drug-likeness (QED) is 0.310. The number of ether oxygens (including phenoxy) is 1. The van der Waals surface area contributed by atoms with Crippen LogP contribution in [0.3, 0.4) is 0 Å². The number of anilines is 1. The summed E-state index contributed by atoms with van der Waals surface area (Å²) in [5, 5.41) is 13.6. The third-order valence-corrected chi connectivity index (χ3v) is 4.91. The van der Waals surface area contributed by atoms with Gasteiger partial charge in [-0.15, -0.1) is 10.2 Å². The number of fused-ring (bicyclic) bond motifs is 3. The molecule has 7 nitrogen and oxygen atoms in total. The SMILES string of the molecule is Cc1ccc(COc2ccc(/C=N/Nc3nnc4c(n3)[nH]c3ccccc34)cc2)cc1. The average molecular weight is 408 g/mol. The minimum atomic E-state index is 0.327. The first-order chi connectivity index (χ1) is 15.2. The molecule has 0 aliphatic rings. The van der Waals surface area contributed by atoms with E-state index in [-0.39, 0.29) is 0 Å². The molecule has 0 aliphatic carbocycles. The fourth-order valence-electron chi connectivity index (χ4n) is 3.23. The van der Waals surface area contributed by atoms with Gasteiger partial charge in [-0.2, -0.15) is 10.1 Å². The van der Waals surface area contributed by atoms with E-state index in [1.54, 1.807) is 6.21 Å². The van der Waals surface area contributed by atoms with Crippen LogP contribution in [0.2, 0.25) is 0 Å². The maximum atomic E-state index is 5.83. The Morgan fingerprint density at radius 3 is 2.61 bits per heavy atom. The minimum Gasteiger partial charge on any atom is -0.489 e. The van der Waals surface area contributed by atoms with Gasteiger partial charge in [-0.25, -0.2) is 5.43 Å². The summed E-state index contributed by atoms with van der Waals surface area (Å²) in [5.74, 6) is 1.14. The number of para-hydroxylation sites is 1. The maximum absolute atomic E-state index is 5.83. The van der Waals surface area contributed by atoms with Crippen LogP contribution in [0, 0.1) is 6.92 Å². The molecule has 3 aromatic carbocycles. The van der Waals surface area contributed by atoms with Crippen molar-refractivity contribution in [1.29, 1.82) is 0 Å². The lowest BCUT2D eigenvalue weighted by molar-refractivity contribution is 0.306. The summed E-state index contributed by atoms with van der Waals surface area (Å²) >= 11 is 0. The number of hydrazone groups is 1. The fourth-order valence-corrected chi connectivity index (χ4v) is 3.23. The number of hydrogen-bond acceptors (Lipinski definition) is 6. The van der Waals surface area contributed by atoms with Crippen LogP contribution in [0.15, 0.2) is 77.9 Å². The lowest BCUT2D eigenvalue weighted by atomic mass is 10.2. The molecule has 0 fully saturated rings. The summed E-state index contributed by atoms with van der Waals surface area (Å²) < 4.78 is 5.83. The summed E-state index contributed by atoms with van der Waals surface area (Å²) in [6, 6.07) is 23.9. The number of rotatable bonds is 6. The van der Waals surface area contributed by atoms with E-state index in [1.165, 1.54) is 5.56 Å². The lowest BCUT2D eigenvalue weighted by Crippen LogP contribution is -1.99. The summed E-state index contributed by atoms with van der Waals surface area (Å²) in [7, 11) is 0. The number of nitrogens with zero attached hydrogens (tertiary/aromatic N) is 4.